The zero-order valence-electron chi connectivity index (χ0n) is 16.8. The van der Waals surface area contributed by atoms with Gasteiger partial charge in [-0.05, 0) is 52.9 Å². The Morgan fingerprint density at radius 2 is 1.70 bits per heavy atom. The molecule has 0 radical (unpaired) electrons. The molecular weight excluding hydrogens is 431 g/mol. The van der Waals surface area contributed by atoms with Gasteiger partial charge in [-0.25, -0.2) is 8.42 Å². The van der Waals surface area contributed by atoms with E-state index in [1.807, 2.05) is 45.0 Å². The van der Waals surface area contributed by atoms with Crippen molar-refractivity contribution in [1.29, 1.82) is 0 Å². The van der Waals surface area contributed by atoms with Gasteiger partial charge in [0, 0.05) is 23.9 Å². The molecule has 0 bridgehead atoms. The predicted molar refractivity (Wildman–Crippen MR) is 113 cm³/mol. The summed E-state index contributed by atoms with van der Waals surface area (Å²) < 4.78 is 68.0. The largest absolute Gasteiger partial charge is 0.446 e. The molecule has 1 atom stereocenters. The fourth-order valence-electron chi connectivity index (χ4n) is 4.46. The van der Waals surface area contributed by atoms with Gasteiger partial charge < -0.3 is 0 Å². The molecule has 1 aliphatic heterocycles. The Morgan fingerprint density at radius 1 is 1.07 bits per heavy atom. The van der Waals surface area contributed by atoms with Gasteiger partial charge in [-0.15, -0.1) is 0 Å². The van der Waals surface area contributed by atoms with E-state index in [1.165, 1.54) is 16.4 Å². The molecule has 0 fully saturated rings. The molecule has 3 nitrogen and oxygen atoms in total. The second-order valence-electron chi connectivity index (χ2n) is 8.32. The predicted octanol–water partition coefficient (Wildman–Crippen LogP) is 5.57. The van der Waals surface area contributed by atoms with Crippen LogP contribution >= 0.6 is 11.8 Å². The molecule has 2 aromatic carbocycles. The number of halogens is 3. The summed E-state index contributed by atoms with van der Waals surface area (Å²) in [7, 11) is -3.92. The third-order valence-electron chi connectivity index (χ3n) is 6.04. The van der Waals surface area contributed by atoms with Gasteiger partial charge in [0.05, 0.1) is 4.90 Å². The Kier molecular flexibility index (Phi) is 5.11. The van der Waals surface area contributed by atoms with E-state index in [2.05, 4.69) is 0 Å². The Labute approximate surface area is 179 Å². The van der Waals surface area contributed by atoms with Gasteiger partial charge in [0.15, 0.2) is 0 Å². The smallest absolute Gasteiger partial charge is 0.207 e. The Balaban J connectivity index is 1.84. The van der Waals surface area contributed by atoms with Crippen LogP contribution in [0, 0.1) is 12.8 Å². The Hall–Kier alpha value is -1.77. The highest BCUT2D eigenvalue weighted by molar-refractivity contribution is 8.04. The number of sulfonamides is 1. The molecule has 30 heavy (non-hydrogen) atoms. The quantitative estimate of drug-likeness (QED) is 0.610. The summed E-state index contributed by atoms with van der Waals surface area (Å²) in [5.74, 6) is -0.353. The van der Waals surface area contributed by atoms with Gasteiger partial charge in [0.2, 0.25) is 10.0 Å². The van der Waals surface area contributed by atoms with Crippen molar-refractivity contribution in [3.63, 3.8) is 0 Å². The van der Waals surface area contributed by atoms with Gasteiger partial charge in [-0.3, -0.25) is 0 Å². The van der Waals surface area contributed by atoms with Crippen molar-refractivity contribution in [2.24, 2.45) is 5.92 Å². The molecular formula is C22H22F3NO2S2. The molecule has 1 aliphatic carbocycles. The van der Waals surface area contributed by atoms with Gasteiger partial charge in [0.1, 0.15) is 0 Å². The van der Waals surface area contributed by atoms with Crippen molar-refractivity contribution in [1.82, 2.24) is 4.31 Å². The molecule has 1 unspecified atom stereocenters. The van der Waals surface area contributed by atoms with Crippen LogP contribution in [-0.2, 0) is 15.4 Å². The highest BCUT2D eigenvalue weighted by Crippen LogP contribution is 2.56. The fourth-order valence-corrected chi connectivity index (χ4v) is 6.83. The first-order valence-corrected chi connectivity index (χ1v) is 11.8. The van der Waals surface area contributed by atoms with E-state index in [4.69, 9.17) is 0 Å². The van der Waals surface area contributed by atoms with E-state index in [0.717, 1.165) is 16.7 Å². The number of thioether (sulfide) groups is 1. The van der Waals surface area contributed by atoms with E-state index >= 15 is 0 Å². The zero-order valence-corrected chi connectivity index (χ0v) is 18.5. The summed E-state index contributed by atoms with van der Waals surface area (Å²) in [6, 6.07) is 13.9. The number of hydrogen-bond acceptors (Lipinski definition) is 3. The minimum Gasteiger partial charge on any atom is -0.207 e. The van der Waals surface area contributed by atoms with Gasteiger partial charge in [-0.2, -0.15) is 17.5 Å². The Bertz CT molecular complexity index is 1120. The summed E-state index contributed by atoms with van der Waals surface area (Å²) in [5.41, 5.74) is -1.68. The highest BCUT2D eigenvalue weighted by atomic mass is 32.2. The first-order valence-electron chi connectivity index (χ1n) is 9.57. The van der Waals surface area contributed by atoms with E-state index in [-0.39, 0.29) is 40.6 Å². The first-order chi connectivity index (χ1) is 13.9. The number of fused-ring (bicyclic) bond motifs is 3. The van der Waals surface area contributed by atoms with Gasteiger partial charge in [0.25, 0.3) is 0 Å². The third-order valence-corrected chi connectivity index (χ3v) is 8.69. The summed E-state index contributed by atoms with van der Waals surface area (Å²) in [5, 5.41) is 0. The molecule has 0 saturated heterocycles. The second-order valence-corrected chi connectivity index (χ2v) is 11.4. The lowest BCUT2D eigenvalue weighted by atomic mass is 9.76. The van der Waals surface area contributed by atoms with Crippen LogP contribution in [0.2, 0.25) is 0 Å². The molecule has 0 saturated carbocycles. The van der Waals surface area contributed by atoms with Crippen molar-refractivity contribution in [3.05, 3.63) is 70.1 Å². The van der Waals surface area contributed by atoms with Gasteiger partial charge in [-0.1, -0.05) is 55.8 Å². The van der Waals surface area contributed by atoms with Crippen LogP contribution in [0.15, 0.2) is 58.3 Å². The number of nitrogens with zero attached hydrogens (tertiary/aromatic N) is 1. The van der Waals surface area contributed by atoms with Crippen molar-refractivity contribution >= 4 is 27.4 Å². The van der Waals surface area contributed by atoms with Crippen LogP contribution in [0.5, 0.6) is 0 Å². The zero-order chi connectivity index (χ0) is 21.9. The molecule has 8 heteroatoms. The van der Waals surface area contributed by atoms with Crippen molar-refractivity contribution < 1.29 is 21.6 Å². The molecule has 2 aromatic rings. The van der Waals surface area contributed by atoms with Crippen molar-refractivity contribution in [3.8, 4) is 0 Å². The van der Waals surface area contributed by atoms with Crippen LogP contribution in [0.1, 0.15) is 30.5 Å². The lowest BCUT2D eigenvalue weighted by Crippen LogP contribution is -2.44. The maximum Gasteiger partial charge on any atom is 0.446 e. The SMILES string of the molecule is Cc1ccc(S(=O)(=O)N2CC(SC(F)(F)F)=C3c4ccccc4C(C)(C)C3C2)cc1. The number of rotatable bonds is 3. The summed E-state index contributed by atoms with van der Waals surface area (Å²) in [6.07, 6.45) is 0. The normalized spacial score (nSPS) is 21.5. The lowest BCUT2D eigenvalue weighted by molar-refractivity contribution is -0.0323. The van der Waals surface area contributed by atoms with Crippen LogP contribution in [-0.4, -0.2) is 31.3 Å². The maximum absolute atomic E-state index is 13.4. The van der Waals surface area contributed by atoms with E-state index in [0.29, 0.717) is 5.57 Å². The van der Waals surface area contributed by atoms with E-state index < -0.39 is 20.9 Å². The maximum atomic E-state index is 13.4. The minimum absolute atomic E-state index is 0.0625. The number of hydrogen-bond donors (Lipinski definition) is 0. The molecule has 0 N–H and O–H groups in total. The third kappa shape index (κ3) is 3.59. The second kappa shape index (κ2) is 7.14. The van der Waals surface area contributed by atoms with Crippen LogP contribution in [0.3, 0.4) is 0 Å². The summed E-state index contributed by atoms with van der Waals surface area (Å²) >= 11 is -0.191. The van der Waals surface area contributed by atoms with Crippen LogP contribution in [0.4, 0.5) is 13.2 Å². The molecule has 0 amide bonds. The molecule has 0 spiro atoms. The number of aryl methyl sites for hydroxylation is 1. The average molecular weight is 454 g/mol. The molecule has 2 aliphatic rings. The van der Waals surface area contributed by atoms with E-state index in [1.54, 1.807) is 12.1 Å². The van der Waals surface area contributed by atoms with Crippen LogP contribution in [0.25, 0.3) is 5.57 Å². The highest BCUT2D eigenvalue weighted by Gasteiger charge is 2.50. The molecule has 4 rings (SSSR count). The minimum atomic E-state index is -4.49. The molecule has 1 heterocycles. The summed E-state index contributed by atoms with van der Waals surface area (Å²) in [6.45, 7) is 5.66. The molecule has 160 valence electrons. The topological polar surface area (TPSA) is 37.4 Å². The number of benzene rings is 2. The van der Waals surface area contributed by atoms with Gasteiger partial charge >= 0.3 is 5.51 Å². The van der Waals surface area contributed by atoms with E-state index in [9.17, 15) is 21.6 Å². The fraction of sp³-hybridized carbons (Fsp3) is 0.364. The van der Waals surface area contributed by atoms with Crippen molar-refractivity contribution in [2.45, 2.75) is 36.6 Å². The van der Waals surface area contributed by atoms with Crippen molar-refractivity contribution in [2.75, 3.05) is 13.1 Å². The molecule has 0 aromatic heterocycles. The summed E-state index contributed by atoms with van der Waals surface area (Å²) in [4.78, 5) is 0.161. The Morgan fingerprint density at radius 3 is 2.33 bits per heavy atom. The standard InChI is InChI=1S/C22H22F3NO2S2/c1-14-8-10-15(11-9-14)30(27,28)26-12-18-20(19(13-26)29-22(23,24)25)16-6-4-5-7-17(16)21(18,2)3/h4-11,18H,12-13H2,1-3H3. The van der Waals surface area contributed by atoms with Crippen LogP contribution < -0.4 is 0 Å². The number of alkyl halides is 3. The first kappa shape index (κ1) is 21.5. The average Bonchev–Trinajstić information content (AvgIpc) is 2.89. The monoisotopic (exact) mass is 453 g/mol. The lowest BCUT2D eigenvalue weighted by Gasteiger charge is -2.38.